The van der Waals surface area contributed by atoms with Crippen molar-refractivity contribution in [2.24, 2.45) is 5.73 Å². The molecule has 0 unspecified atom stereocenters. The van der Waals surface area contributed by atoms with Gasteiger partial charge in [0.1, 0.15) is 0 Å². The Bertz CT molecular complexity index is 717. The number of halogens is 1. The molecule has 0 saturated carbocycles. The van der Waals surface area contributed by atoms with Crippen molar-refractivity contribution in [2.75, 3.05) is 6.26 Å². The summed E-state index contributed by atoms with van der Waals surface area (Å²) in [7, 11) is -3.46. The van der Waals surface area contributed by atoms with Gasteiger partial charge in [0.25, 0.3) is 0 Å². The Morgan fingerprint density at radius 3 is 2.53 bits per heavy atom. The zero-order valence-electron chi connectivity index (χ0n) is 10.2. The van der Waals surface area contributed by atoms with E-state index in [2.05, 4.69) is 9.97 Å². The van der Waals surface area contributed by atoms with Gasteiger partial charge < -0.3 is 5.73 Å². The van der Waals surface area contributed by atoms with Crippen molar-refractivity contribution in [3.63, 3.8) is 0 Å². The summed E-state index contributed by atoms with van der Waals surface area (Å²) in [6.45, 7) is 0.103. The monoisotopic (exact) mass is 297 g/mol. The molecule has 0 radical (unpaired) electrons. The number of nitrogens with two attached hydrogens (primary N) is 1. The van der Waals surface area contributed by atoms with Gasteiger partial charge in [-0.1, -0.05) is 29.8 Å². The summed E-state index contributed by atoms with van der Waals surface area (Å²) in [4.78, 5) is 7.86. The maximum Gasteiger partial charge on any atom is 0.247 e. The third-order valence-corrected chi connectivity index (χ3v) is 3.72. The molecule has 5 nitrogen and oxygen atoms in total. The van der Waals surface area contributed by atoms with Crippen molar-refractivity contribution in [2.45, 2.75) is 11.7 Å². The van der Waals surface area contributed by atoms with Gasteiger partial charge in [0.2, 0.25) is 15.0 Å². The van der Waals surface area contributed by atoms with Crippen LogP contribution in [0.1, 0.15) is 5.69 Å². The van der Waals surface area contributed by atoms with Crippen LogP contribution in [0.5, 0.6) is 0 Å². The molecule has 0 amide bonds. The minimum atomic E-state index is -3.46. The number of sulfone groups is 1. The van der Waals surface area contributed by atoms with Crippen LogP contribution in [0, 0.1) is 0 Å². The molecule has 0 spiro atoms. The zero-order valence-corrected chi connectivity index (χ0v) is 11.7. The van der Waals surface area contributed by atoms with Crippen LogP contribution in [0.25, 0.3) is 11.1 Å². The molecule has 1 heterocycles. The maximum absolute atomic E-state index is 11.4. The third kappa shape index (κ3) is 2.91. The summed E-state index contributed by atoms with van der Waals surface area (Å²) >= 11 is 6.10. The van der Waals surface area contributed by atoms with Crippen LogP contribution in [-0.2, 0) is 16.4 Å². The lowest BCUT2D eigenvalue weighted by Crippen LogP contribution is -2.10. The summed E-state index contributed by atoms with van der Waals surface area (Å²) in [6.07, 6.45) is 2.49. The van der Waals surface area contributed by atoms with E-state index in [9.17, 15) is 8.42 Å². The highest BCUT2D eigenvalue weighted by Gasteiger charge is 2.16. The molecule has 0 fully saturated rings. The number of benzene rings is 1. The summed E-state index contributed by atoms with van der Waals surface area (Å²) in [5.74, 6) is 0. The molecular formula is C12H12ClN3O2S. The molecule has 0 saturated heterocycles. The molecule has 0 aliphatic carbocycles. The highest BCUT2D eigenvalue weighted by Crippen LogP contribution is 2.29. The topological polar surface area (TPSA) is 85.9 Å². The second-order valence-corrected chi connectivity index (χ2v) is 6.29. The van der Waals surface area contributed by atoms with Crippen LogP contribution in [0.4, 0.5) is 0 Å². The normalized spacial score (nSPS) is 11.5. The Morgan fingerprint density at radius 1 is 1.26 bits per heavy atom. The lowest BCUT2D eigenvalue weighted by atomic mass is 10.1. The average Bonchev–Trinajstić information content (AvgIpc) is 2.37. The van der Waals surface area contributed by atoms with E-state index in [1.807, 2.05) is 6.07 Å². The Balaban J connectivity index is 2.64. The number of aromatic nitrogens is 2. The van der Waals surface area contributed by atoms with Gasteiger partial charge in [0.15, 0.2) is 0 Å². The molecule has 0 aliphatic rings. The molecule has 1 aromatic heterocycles. The fourth-order valence-corrected chi connectivity index (χ4v) is 2.40. The SMILES string of the molecule is CS(=O)(=O)c1ncc(-c2ccccc2Cl)c(CN)n1. The zero-order chi connectivity index (χ0) is 14.0. The van der Waals surface area contributed by atoms with Gasteiger partial charge in [-0.25, -0.2) is 18.4 Å². The predicted molar refractivity (Wildman–Crippen MR) is 73.5 cm³/mol. The van der Waals surface area contributed by atoms with E-state index in [0.717, 1.165) is 11.8 Å². The smallest absolute Gasteiger partial charge is 0.247 e. The number of hydrogen-bond donors (Lipinski definition) is 1. The third-order valence-electron chi connectivity index (χ3n) is 2.53. The second-order valence-electron chi connectivity index (χ2n) is 3.97. The molecule has 2 aromatic rings. The van der Waals surface area contributed by atoms with Gasteiger partial charge in [-0.05, 0) is 6.07 Å². The van der Waals surface area contributed by atoms with Gasteiger partial charge in [-0.15, -0.1) is 0 Å². The van der Waals surface area contributed by atoms with E-state index in [1.165, 1.54) is 6.20 Å². The Morgan fingerprint density at radius 2 is 1.95 bits per heavy atom. The quantitative estimate of drug-likeness (QED) is 0.871. The fourth-order valence-electron chi connectivity index (χ4n) is 1.64. The fraction of sp³-hybridized carbons (Fsp3) is 0.167. The molecular weight excluding hydrogens is 286 g/mol. The van der Waals surface area contributed by atoms with E-state index < -0.39 is 9.84 Å². The largest absolute Gasteiger partial charge is 0.325 e. The Kier molecular flexibility index (Phi) is 3.84. The van der Waals surface area contributed by atoms with Crippen molar-refractivity contribution in [1.82, 2.24) is 9.97 Å². The number of hydrogen-bond acceptors (Lipinski definition) is 5. The number of nitrogens with zero attached hydrogens (tertiary/aromatic N) is 2. The lowest BCUT2D eigenvalue weighted by molar-refractivity contribution is 0.592. The first kappa shape index (κ1) is 13.9. The van der Waals surface area contributed by atoms with Gasteiger partial charge in [-0.2, -0.15) is 0 Å². The van der Waals surface area contributed by atoms with E-state index in [-0.39, 0.29) is 11.7 Å². The van der Waals surface area contributed by atoms with Crippen LogP contribution >= 0.6 is 11.6 Å². The van der Waals surface area contributed by atoms with Crippen molar-refractivity contribution in [3.8, 4) is 11.1 Å². The number of rotatable bonds is 3. The van der Waals surface area contributed by atoms with Crippen LogP contribution < -0.4 is 5.73 Å². The minimum Gasteiger partial charge on any atom is -0.325 e. The van der Waals surface area contributed by atoms with Crippen molar-refractivity contribution < 1.29 is 8.42 Å². The van der Waals surface area contributed by atoms with Crippen LogP contribution in [0.2, 0.25) is 5.02 Å². The molecule has 0 atom stereocenters. The highest BCUT2D eigenvalue weighted by molar-refractivity contribution is 7.90. The molecule has 19 heavy (non-hydrogen) atoms. The standard InChI is InChI=1S/C12H12ClN3O2S/c1-19(17,18)12-15-7-9(11(6-14)16-12)8-4-2-3-5-10(8)13/h2-5,7H,6,14H2,1H3. The summed E-state index contributed by atoms with van der Waals surface area (Å²) in [6, 6.07) is 7.17. The van der Waals surface area contributed by atoms with Crippen molar-refractivity contribution in [1.29, 1.82) is 0 Å². The Hall–Kier alpha value is -1.50. The minimum absolute atomic E-state index is 0.103. The summed E-state index contributed by atoms with van der Waals surface area (Å²) in [5.41, 5.74) is 7.44. The van der Waals surface area contributed by atoms with Crippen LogP contribution in [-0.4, -0.2) is 24.6 Å². The van der Waals surface area contributed by atoms with E-state index in [4.69, 9.17) is 17.3 Å². The highest BCUT2D eigenvalue weighted by atomic mass is 35.5. The molecule has 1 aromatic carbocycles. The van der Waals surface area contributed by atoms with Gasteiger partial charge in [-0.3, -0.25) is 0 Å². The van der Waals surface area contributed by atoms with Gasteiger partial charge in [0, 0.05) is 35.1 Å². The predicted octanol–water partition coefficient (Wildman–Crippen LogP) is 1.66. The van der Waals surface area contributed by atoms with E-state index in [0.29, 0.717) is 16.3 Å². The molecule has 2 rings (SSSR count). The first-order valence-electron chi connectivity index (χ1n) is 5.44. The molecule has 0 bridgehead atoms. The average molecular weight is 298 g/mol. The lowest BCUT2D eigenvalue weighted by Gasteiger charge is -2.09. The van der Waals surface area contributed by atoms with Crippen molar-refractivity contribution >= 4 is 21.4 Å². The van der Waals surface area contributed by atoms with Crippen molar-refractivity contribution in [3.05, 3.63) is 41.2 Å². The molecule has 0 aliphatic heterocycles. The maximum atomic E-state index is 11.4. The van der Waals surface area contributed by atoms with Gasteiger partial charge >= 0.3 is 0 Å². The van der Waals surface area contributed by atoms with E-state index >= 15 is 0 Å². The van der Waals surface area contributed by atoms with Gasteiger partial charge in [0.05, 0.1) is 5.69 Å². The molecule has 7 heteroatoms. The van der Waals surface area contributed by atoms with Crippen LogP contribution in [0.15, 0.2) is 35.6 Å². The summed E-state index contributed by atoms with van der Waals surface area (Å²) in [5, 5.41) is 0.302. The first-order chi connectivity index (χ1) is 8.93. The first-order valence-corrected chi connectivity index (χ1v) is 7.71. The van der Waals surface area contributed by atoms with E-state index in [1.54, 1.807) is 18.2 Å². The molecule has 100 valence electrons. The Labute approximate surface area is 116 Å². The van der Waals surface area contributed by atoms with Crippen LogP contribution in [0.3, 0.4) is 0 Å². The molecule has 2 N–H and O–H groups in total. The summed E-state index contributed by atoms with van der Waals surface area (Å²) < 4.78 is 22.8. The second kappa shape index (κ2) is 5.24.